The predicted octanol–water partition coefficient (Wildman–Crippen LogP) is 1.70. The van der Waals surface area contributed by atoms with Crippen LogP contribution in [0.4, 0.5) is 0 Å². The third-order valence-electron chi connectivity index (χ3n) is 3.19. The summed E-state index contributed by atoms with van der Waals surface area (Å²) in [6, 6.07) is 0.399. The molecule has 0 saturated carbocycles. The van der Waals surface area contributed by atoms with Crippen LogP contribution in [0.2, 0.25) is 0 Å². The van der Waals surface area contributed by atoms with Crippen LogP contribution in [0.5, 0.6) is 0 Å². The summed E-state index contributed by atoms with van der Waals surface area (Å²) in [5, 5.41) is 0.461. The molecule has 0 aromatic carbocycles. The van der Waals surface area contributed by atoms with Crippen LogP contribution in [-0.4, -0.2) is 27.0 Å². The van der Waals surface area contributed by atoms with Crippen LogP contribution in [0.15, 0.2) is 0 Å². The molecule has 2 nitrogen and oxygen atoms in total. The monoisotopic (exact) mass is 185 g/mol. The van der Waals surface area contributed by atoms with E-state index in [1.165, 1.54) is 0 Å². The maximum Gasteiger partial charge on any atom is 0.229 e. The Hall–Kier alpha value is -0.180. The van der Waals surface area contributed by atoms with Crippen molar-refractivity contribution in [3.8, 4) is 0 Å². The molecule has 3 heteroatoms. The second kappa shape index (κ2) is 2.19. The summed E-state index contributed by atoms with van der Waals surface area (Å²) in [6.07, 6.45) is 0. The van der Waals surface area contributed by atoms with E-state index >= 15 is 0 Å². The third kappa shape index (κ3) is 0.804. The fourth-order valence-electron chi connectivity index (χ4n) is 1.96. The molecule has 2 aliphatic heterocycles. The molecule has 0 radical (unpaired) electrons. The van der Waals surface area contributed by atoms with Crippen molar-refractivity contribution in [2.75, 3.05) is 0 Å². The summed E-state index contributed by atoms with van der Waals surface area (Å²) >= 11 is 1.94. The Morgan fingerprint density at radius 1 is 1.42 bits per heavy atom. The molecule has 0 aromatic heterocycles. The van der Waals surface area contributed by atoms with Crippen LogP contribution >= 0.6 is 11.8 Å². The lowest BCUT2D eigenvalue weighted by molar-refractivity contribution is -0.151. The van der Waals surface area contributed by atoms with Gasteiger partial charge < -0.3 is 4.90 Å². The fourth-order valence-corrected chi connectivity index (χ4v) is 3.61. The predicted molar refractivity (Wildman–Crippen MR) is 50.9 cm³/mol. The first-order chi connectivity index (χ1) is 5.45. The number of rotatable bonds is 0. The molecule has 0 aliphatic carbocycles. The SMILES string of the molecule is C[C@@H]1C(=O)N2[C@@H]1SC(C)(C)[C@@H]2C. The van der Waals surface area contributed by atoms with Crippen molar-refractivity contribution in [2.24, 2.45) is 5.92 Å². The van der Waals surface area contributed by atoms with E-state index in [-0.39, 0.29) is 10.7 Å². The lowest BCUT2D eigenvalue weighted by Crippen LogP contribution is -2.58. The lowest BCUT2D eigenvalue weighted by Gasteiger charge is -2.42. The van der Waals surface area contributed by atoms with E-state index in [1.807, 2.05) is 23.6 Å². The zero-order valence-electron chi connectivity index (χ0n) is 8.00. The summed E-state index contributed by atoms with van der Waals surface area (Å²) in [6.45, 7) is 8.63. The molecular formula is C9H15NOS. The van der Waals surface area contributed by atoms with Crippen molar-refractivity contribution in [3.63, 3.8) is 0 Å². The Balaban J connectivity index is 2.24. The average Bonchev–Trinajstić information content (AvgIpc) is 2.21. The van der Waals surface area contributed by atoms with E-state index in [2.05, 4.69) is 20.8 Å². The molecular weight excluding hydrogens is 170 g/mol. The van der Waals surface area contributed by atoms with Crippen LogP contribution in [0.25, 0.3) is 0 Å². The van der Waals surface area contributed by atoms with Crippen LogP contribution in [0, 0.1) is 5.92 Å². The van der Waals surface area contributed by atoms with Crippen molar-refractivity contribution < 1.29 is 4.79 Å². The quantitative estimate of drug-likeness (QED) is 0.535. The Bertz CT molecular complexity index is 239. The van der Waals surface area contributed by atoms with Gasteiger partial charge in [-0.3, -0.25) is 4.79 Å². The zero-order valence-corrected chi connectivity index (χ0v) is 8.81. The van der Waals surface area contributed by atoms with Gasteiger partial charge in [0.1, 0.15) is 0 Å². The molecule has 0 aromatic rings. The van der Waals surface area contributed by atoms with Gasteiger partial charge in [-0.05, 0) is 20.8 Å². The Morgan fingerprint density at radius 2 is 2.00 bits per heavy atom. The van der Waals surface area contributed by atoms with Gasteiger partial charge in [-0.2, -0.15) is 0 Å². The summed E-state index contributed by atoms with van der Waals surface area (Å²) in [5.74, 6) is 0.588. The fraction of sp³-hybridized carbons (Fsp3) is 0.889. The number of β-lactam (4-membered cyclic amide) rings is 1. The highest BCUT2D eigenvalue weighted by atomic mass is 32.2. The second-order valence-electron chi connectivity index (χ2n) is 4.32. The van der Waals surface area contributed by atoms with E-state index in [0.717, 1.165) is 0 Å². The number of nitrogens with zero attached hydrogens (tertiary/aromatic N) is 1. The molecule has 1 amide bonds. The van der Waals surface area contributed by atoms with Crippen LogP contribution in [-0.2, 0) is 4.79 Å². The third-order valence-corrected chi connectivity index (χ3v) is 5.02. The molecule has 0 spiro atoms. The topological polar surface area (TPSA) is 20.3 Å². The summed E-state index contributed by atoms with van der Waals surface area (Å²) in [4.78, 5) is 13.5. The molecule has 3 atom stereocenters. The number of thioether (sulfide) groups is 1. The number of hydrogen-bond donors (Lipinski definition) is 0. The van der Waals surface area contributed by atoms with Crippen LogP contribution < -0.4 is 0 Å². The molecule has 2 rings (SSSR count). The molecule has 0 unspecified atom stereocenters. The molecule has 2 saturated heterocycles. The van der Waals surface area contributed by atoms with E-state index in [9.17, 15) is 4.79 Å². The first-order valence-corrected chi connectivity index (χ1v) is 5.33. The Kier molecular flexibility index (Phi) is 1.54. The van der Waals surface area contributed by atoms with Gasteiger partial charge in [0.15, 0.2) is 0 Å². The minimum Gasteiger partial charge on any atom is -0.325 e. The average molecular weight is 185 g/mol. The Labute approximate surface area is 77.7 Å². The zero-order chi connectivity index (χ0) is 9.09. The van der Waals surface area contributed by atoms with E-state index < -0.39 is 0 Å². The maximum atomic E-state index is 11.5. The van der Waals surface area contributed by atoms with Crippen molar-refractivity contribution in [2.45, 2.75) is 43.9 Å². The minimum absolute atomic E-state index is 0.241. The summed E-state index contributed by atoms with van der Waals surface area (Å²) < 4.78 is 0.241. The number of hydrogen-bond acceptors (Lipinski definition) is 2. The van der Waals surface area contributed by atoms with Gasteiger partial charge in [0.05, 0.1) is 11.3 Å². The first kappa shape index (κ1) is 8.42. The van der Waals surface area contributed by atoms with Gasteiger partial charge in [0, 0.05) is 10.8 Å². The first-order valence-electron chi connectivity index (χ1n) is 4.45. The smallest absolute Gasteiger partial charge is 0.229 e. The van der Waals surface area contributed by atoms with Gasteiger partial charge in [0.2, 0.25) is 5.91 Å². The number of carbonyl (C=O) groups excluding carboxylic acids is 1. The molecule has 12 heavy (non-hydrogen) atoms. The molecule has 0 bridgehead atoms. The van der Waals surface area contributed by atoms with Crippen molar-refractivity contribution in [3.05, 3.63) is 0 Å². The molecule has 0 N–H and O–H groups in total. The van der Waals surface area contributed by atoms with E-state index in [0.29, 0.717) is 17.3 Å². The number of amides is 1. The highest BCUT2D eigenvalue weighted by molar-refractivity contribution is 8.01. The van der Waals surface area contributed by atoms with Gasteiger partial charge >= 0.3 is 0 Å². The van der Waals surface area contributed by atoms with Gasteiger partial charge in [-0.15, -0.1) is 11.8 Å². The van der Waals surface area contributed by atoms with E-state index in [4.69, 9.17) is 0 Å². The van der Waals surface area contributed by atoms with Gasteiger partial charge in [-0.25, -0.2) is 0 Å². The minimum atomic E-state index is 0.241. The highest BCUT2D eigenvalue weighted by Crippen LogP contribution is 2.52. The van der Waals surface area contributed by atoms with E-state index in [1.54, 1.807) is 0 Å². The standard InChI is InChI=1S/C9H15NOS/c1-5-7(11)10-6(2)9(3,4)12-8(5)10/h5-6,8H,1-4H3/t5-,6+,8-/m1/s1. The van der Waals surface area contributed by atoms with Gasteiger partial charge in [-0.1, -0.05) is 6.92 Å². The van der Waals surface area contributed by atoms with Crippen molar-refractivity contribution in [1.29, 1.82) is 0 Å². The summed E-state index contributed by atoms with van der Waals surface area (Å²) in [5.41, 5.74) is 0. The normalized spacial score (nSPS) is 44.2. The number of carbonyl (C=O) groups is 1. The number of fused-ring (bicyclic) bond motifs is 1. The largest absolute Gasteiger partial charge is 0.325 e. The molecule has 2 fully saturated rings. The van der Waals surface area contributed by atoms with Crippen molar-refractivity contribution >= 4 is 17.7 Å². The maximum absolute atomic E-state index is 11.5. The highest BCUT2D eigenvalue weighted by Gasteiger charge is 2.57. The van der Waals surface area contributed by atoms with Crippen LogP contribution in [0.1, 0.15) is 27.7 Å². The molecule has 68 valence electrons. The summed E-state index contributed by atoms with van der Waals surface area (Å²) in [7, 11) is 0. The van der Waals surface area contributed by atoms with Gasteiger partial charge in [0.25, 0.3) is 0 Å². The lowest BCUT2D eigenvalue weighted by atomic mass is 9.94. The molecule has 2 aliphatic rings. The van der Waals surface area contributed by atoms with Crippen molar-refractivity contribution in [1.82, 2.24) is 4.90 Å². The second-order valence-corrected chi connectivity index (χ2v) is 6.09. The molecule has 2 heterocycles. The van der Waals surface area contributed by atoms with Crippen LogP contribution in [0.3, 0.4) is 0 Å². The Morgan fingerprint density at radius 3 is 2.50 bits per heavy atom.